The minimum absolute atomic E-state index is 0.265. The second-order valence-corrected chi connectivity index (χ2v) is 6.17. The lowest BCUT2D eigenvalue weighted by molar-refractivity contribution is -0.135. The van der Waals surface area contributed by atoms with Crippen molar-refractivity contribution in [1.29, 1.82) is 0 Å². The number of carbonyl (C=O) groups is 1. The van der Waals surface area contributed by atoms with Crippen LogP contribution in [0.15, 0.2) is 12.7 Å². The lowest BCUT2D eigenvalue weighted by atomic mass is 9.98. The molecule has 2 aliphatic heterocycles. The fourth-order valence-electron chi connectivity index (χ4n) is 3.32. The zero-order valence-corrected chi connectivity index (χ0v) is 13.1. The number of morpholine rings is 1. The highest BCUT2D eigenvalue weighted by Gasteiger charge is 2.22. The van der Waals surface area contributed by atoms with Crippen LogP contribution >= 0.6 is 0 Å². The first-order chi connectivity index (χ1) is 10.8. The van der Waals surface area contributed by atoms with E-state index < -0.39 is 0 Å². The monoisotopic (exact) mass is 307 g/mol. The molecule has 3 heterocycles. The molecule has 0 saturated carbocycles. The Hall–Kier alpha value is -1.47. The smallest absolute Gasteiger partial charge is 0.224 e. The van der Waals surface area contributed by atoms with Crippen LogP contribution in [-0.4, -0.2) is 76.4 Å². The molecular weight excluding hydrogens is 282 g/mol. The highest BCUT2D eigenvalue weighted by molar-refractivity contribution is 5.76. The average Bonchev–Trinajstić information content (AvgIpc) is 3.07. The molecule has 1 aromatic heterocycles. The van der Waals surface area contributed by atoms with Crippen molar-refractivity contribution in [2.24, 2.45) is 5.92 Å². The maximum absolute atomic E-state index is 12.2. The van der Waals surface area contributed by atoms with Gasteiger partial charge in [0, 0.05) is 39.1 Å². The number of likely N-dealkylation sites (tertiary alicyclic amines) is 1. The predicted octanol–water partition coefficient (Wildman–Crippen LogP) is 0.239. The first-order valence-electron chi connectivity index (χ1n) is 8.21. The quantitative estimate of drug-likeness (QED) is 0.780. The Morgan fingerprint density at radius 3 is 2.91 bits per heavy atom. The van der Waals surface area contributed by atoms with Gasteiger partial charge in [-0.15, -0.1) is 0 Å². The van der Waals surface area contributed by atoms with Crippen molar-refractivity contribution >= 4 is 5.91 Å². The Morgan fingerprint density at radius 2 is 2.14 bits per heavy atom. The number of aromatic nitrogens is 3. The molecular formula is C15H25N5O2. The van der Waals surface area contributed by atoms with Crippen molar-refractivity contribution in [3.05, 3.63) is 12.7 Å². The molecule has 3 rings (SSSR count). The third-order valence-corrected chi connectivity index (χ3v) is 4.52. The Labute approximate surface area is 131 Å². The molecule has 7 heteroatoms. The van der Waals surface area contributed by atoms with Gasteiger partial charge < -0.3 is 14.5 Å². The summed E-state index contributed by atoms with van der Waals surface area (Å²) in [6.45, 7) is 6.78. The summed E-state index contributed by atoms with van der Waals surface area (Å²) in [5, 5.41) is 4.19. The van der Waals surface area contributed by atoms with Crippen LogP contribution in [0.4, 0.5) is 0 Å². The number of rotatable bonds is 5. The Bertz CT molecular complexity index is 459. The van der Waals surface area contributed by atoms with Gasteiger partial charge in [0.1, 0.15) is 12.7 Å². The van der Waals surface area contributed by atoms with E-state index in [1.54, 1.807) is 12.7 Å². The summed E-state index contributed by atoms with van der Waals surface area (Å²) < 4.78 is 7.20. The van der Waals surface area contributed by atoms with Crippen LogP contribution in [0.2, 0.25) is 0 Å². The maximum atomic E-state index is 12.2. The lowest BCUT2D eigenvalue weighted by Gasteiger charge is -2.33. The van der Waals surface area contributed by atoms with Crippen LogP contribution in [0.1, 0.15) is 19.3 Å². The molecule has 7 nitrogen and oxygen atoms in total. The molecule has 0 N–H and O–H groups in total. The number of hydrogen-bond donors (Lipinski definition) is 0. The summed E-state index contributed by atoms with van der Waals surface area (Å²) in [7, 11) is 0. The fraction of sp³-hybridized carbons (Fsp3) is 0.800. The maximum Gasteiger partial charge on any atom is 0.224 e. The molecule has 0 unspecified atom stereocenters. The highest BCUT2D eigenvalue weighted by atomic mass is 16.5. The zero-order chi connectivity index (χ0) is 15.2. The van der Waals surface area contributed by atoms with Gasteiger partial charge in [-0.3, -0.25) is 9.48 Å². The molecule has 1 amide bonds. The third kappa shape index (κ3) is 4.27. The van der Waals surface area contributed by atoms with E-state index in [1.807, 2.05) is 9.58 Å². The van der Waals surface area contributed by atoms with Gasteiger partial charge >= 0.3 is 0 Å². The largest absolute Gasteiger partial charge is 0.378 e. The molecule has 0 bridgehead atoms. The number of piperidine rings is 1. The predicted molar refractivity (Wildman–Crippen MR) is 81.2 cm³/mol. The molecule has 2 saturated heterocycles. The van der Waals surface area contributed by atoms with Gasteiger partial charge in [0.25, 0.3) is 0 Å². The summed E-state index contributed by atoms with van der Waals surface area (Å²) in [5.74, 6) is 0.871. The van der Waals surface area contributed by atoms with Crippen molar-refractivity contribution in [2.45, 2.75) is 25.8 Å². The zero-order valence-electron chi connectivity index (χ0n) is 13.1. The molecule has 0 aliphatic carbocycles. The summed E-state index contributed by atoms with van der Waals surface area (Å²) in [4.78, 5) is 20.5. The average molecular weight is 307 g/mol. The third-order valence-electron chi connectivity index (χ3n) is 4.52. The molecule has 2 fully saturated rings. The first-order valence-corrected chi connectivity index (χ1v) is 8.21. The minimum atomic E-state index is 0.265. The Morgan fingerprint density at radius 1 is 1.27 bits per heavy atom. The highest BCUT2D eigenvalue weighted by Crippen LogP contribution is 2.18. The second kappa shape index (κ2) is 7.69. The molecule has 0 radical (unpaired) electrons. The van der Waals surface area contributed by atoms with E-state index in [4.69, 9.17) is 4.74 Å². The fourth-order valence-corrected chi connectivity index (χ4v) is 3.32. The van der Waals surface area contributed by atoms with Crippen molar-refractivity contribution < 1.29 is 9.53 Å². The lowest BCUT2D eigenvalue weighted by Crippen LogP contribution is -2.43. The van der Waals surface area contributed by atoms with Gasteiger partial charge in [-0.05, 0) is 25.3 Å². The van der Waals surface area contributed by atoms with Crippen LogP contribution in [-0.2, 0) is 16.1 Å². The van der Waals surface area contributed by atoms with Crippen LogP contribution in [0, 0.1) is 5.92 Å². The SMILES string of the molecule is O=C(CCN1CCC[C@@H](Cn2cncn2)C1)N1CCOCC1. The van der Waals surface area contributed by atoms with Gasteiger partial charge in [0.05, 0.1) is 13.2 Å². The minimum Gasteiger partial charge on any atom is -0.378 e. The Balaban J connectivity index is 1.41. The van der Waals surface area contributed by atoms with Gasteiger partial charge in [-0.1, -0.05) is 0 Å². The van der Waals surface area contributed by atoms with Crippen LogP contribution in [0.25, 0.3) is 0 Å². The van der Waals surface area contributed by atoms with E-state index in [2.05, 4.69) is 15.0 Å². The van der Waals surface area contributed by atoms with E-state index in [9.17, 15) is 4.79 Å². The van der Waals surface area contributed by atoms with Crippen LogP contribution in [0.3, 0.4) is 0 Å². The molecule has 1 aromatic rings. The summed E-state index contributed by atoms with van der Waals surface area (Å²) in [6.07, 6.45) is 6.41. The van der Waals surface area contributed by atoms with Gasteiger partial charge in [0.15, 0.2) is 0 Å². The van der Waals surface area contributed by atoms with E-state index in [0.29, 0.717) is 25.6 Å². The van der Waals surface area contributed by atoms with Crippen LogP contribution < -0.4 is 0 Å². The number of carbonyl (C=O) groups excluding carboxylic acids is 1. The standard InChI is InChI=1S/C15H25N5O2/c21-15(19-6-8-22-9-7-19)3-5-18-4-1-2-14(10-18)11-20-13-16-12-17-20/h12-14H,1-11H2/t14-/m1/s1. The summed E-state index contributed by atoms with van der Waals surface area (Å²) in [5.41, 5.74) is 0. The van der Waals surface area contributed by atoms with Crippen LogP contribution in [0.5, 0.6) is 0 Å². The molecule has 0 aromatic carbocycles. The Kier molecular flexibility index (Phi) is 5.39. The number of hydrogen-bond acceptors (Lipinski definition) is 5. The summed E-state index contributed by atoms with van der Waals surface area (Å²) in [6, 6.07) is 0. The molecule has 1 atom stereocenters. The van der Waals surface area contributed by atoms with Crippen molar-refractivity contribution in [3.63, 3.8) is 0 Å². The molecule has 0 spiro atoms. The van der Waals surface area contributed by atoms with E-state index in [-0.39, 0.29) is 5.91 Å². The topological polar surface area (TPSA) is 63.5 Å². The molecule has 2 aliphatic rings. The van der Waals surface area contributed by atoms with Crippen molar-refractivity contribution in [3.8, 4) is 0 Å². The number of ether oxygens (including phenoxy) is 1. The van der Waals surface area contributed by atoms with E-state index >= 15 is 0 Å². The summed E-state index contributed by atoms with van der Waals surface area (Å²) >= 11 is 0. The number of amides is 1. The van der Waals surface area contributed by atoms with E-state index in [1.165, 1.54) is 12.8 Å². The van der Waals surface area contributed by atoms with Gasteiger partial charge in [-0.2, -0.15) is 5.10 Å². The normalized spacial score (nSPS) is 23.6. The van der Waals surface area contributed by atoms with Gasteiger partial charge in [-0.25, -0.2) is 4.98 Å². The molecule has 122 valence electrons. The van der Waals surface area contributed by atoms with Gasteiger partial charge in [0.2, 0.25) is 5.91 Å². The molecule has 22 heavy (non-hydrogen) atoms. The van der Waals surface area contributed by atoms with E-state index in [0.717, 1.165) is 39.3 Å². The van der Waals surface area contributed by atoms with Crippen molar-refractivity contribution in [2.75, 3.05) is 45.9 Å². The second-order valence-electron chi connectivity index (χ2n) is 6.17. The van der Waals surface area contributed by atoms with Crippen molar-refractivity contribution in [1.82, 2.24) is 24.6 Å². The first kappa shape index (κ1) is 15.4. The number of nitrogens with zero attached hydrogens (tertiary/aromatic N) is 5.